The van der Waals surface area contributed by atoms with Gasteiger partial charge in [-0.1, -0.05) is 6.92 Å². The highest BCUT2D eigenvalue weighted by Gasteiger charge is 2.25. The van der Waals surface area contributed by atoms with Gasteiger partial charge in [0.1, 0.15) is 12.4 Å². The van der Waals surface area contributed by atoms with Crippen LogP contribution in [0.25, 0.3) is 11.3 Å². The summed E-state index contributed by atoms with van der Waals surface area (Å²) in [5.41, 5.74) is 1.95. The summed E-state index contributed by atoms with van der Waals surface area (Å²) in [6.45, 7) is 4.64. The zero-order chi connectivity index (χ0) is 27.1. The van der Waals surface area contributed by atoms with Gasteiger partial charge in [0.15, 0.2) is 17.3 Å². The smallest absolute Gasteiger partial charge is 0.254 e. The zero-order valence-electron chi connectivity index (χ0n) is 21.9. The largest absolute Gasteiger partial charge is 0.493 e. The summed E-state index contributed by atoms with van der Waals surface area (Å²) >= 11 is 0. The van der Waals surface area contributed by atoms with Gasteiger partial charge >= 0.3 is 0 Å². The Kier molecular flexibility index (Phi) is 8.73. The summed E-state index contributed by atoms with van der Waals surface area (Å²) in [7, 11) is 3.18. The number of aromatic nitrogens is 2. The summed E-state index contributed by atoms with van der Waals surface area (Å²) in [6, 6.07) is 14.8. The Hall–Kier alpha value is -4.21. The van der Waals surface area contributed by atoms with Gasteiger partial charge in [-0.2, -0.15) is 0 Å². The van der Waals surface area contributed by atoms with E-state index in [9.17, 15) is 14.0 Å². The van der Waals surface area contributed by atoms with Gasteiger partial charge in [0, 0.05) is 43.9 Å². The quantitative estimate of drug-likeness (QED) is 0.426. The summed E-state index contributed by atoms with van der Waals surface area (Å²) in [5.74, 6) is 1.21. The average Bonchev–Trinajstić information content (AvgIpc) is 2.96. The molecule has 1 fully saturated rings. The number of piperazine rings is 1. The summed E-state index contributed by atoms with van der Waals surface area (Å²) in [4.78, 5) is 31.3. The van der Waals surface area contributed by atoms with Crippen molar-refractivity contribution in [3.63, 3.8) is 0 Å². The number of anilines is 1. The Labute approximate surface area is 221 Å². The van der Waals surface area contributed by atoms with Crippen LogP contribution in [-0.4, -0.2) is 85.3 Å². The minimum atomic E-state index is -0.405. The van der Waals surface area contributed by atoms with Gasteiger partial charge in [0.2, 0.25) is 5.91 Å². The summed E-state index contributed by atoms with van der Waals surface area (Å²) in [6.07, 6.45) is 0.714. The van der Waals surface area contributed by atoms with Crippen LogP contribution in [-0.2, 0) is 4.79 Å². The molecule has 9 nitrogen and oxygen atoms in total. The van der Waals surface area contributed by atoms with E-state index in [0.717, 1.165) is 11.4 Å². The van der Waals surface area contributed by atoms with Crippen molar-refractivity contribution in [3.05, 3.63) is 66.0 Å². The van der Waals surface area contributed by atoms with Gasteiger partial charge in [-0.15, -0.1) is 10.2 Å². The van der Waals surface area contributed by atoms with Crippen LogP contribution in [0.15, 0.2) is 54.6 Å². The molecular formula is C28H32FN5O4. The van der Waals surface area contributed by atoms with E-state index < -0.39 is 5.82 Å². The lowest BCUT2D eigenvalue weighted by molar-refractivity contribution is -0.132. The Morgan fingerprint density at radius 1 is 0.921 bits per heavy atom. The first kappa shape index (κ1) is 26.8. The Morgan fingerprint density at radius 3 is 2.24 bits per heavy atom. The fourth-order valence-electron chi connectivity index (χ4n) is 4.39. The van der Waals surface area contributed by atoms with Crippen LogP contribution in [0.4, 0.5) is 10.2 Å². The van der Waals surface area contributed by atoms with Gasteiger partial charge in [-0.3, -0.25) is 9.59 Å². The SMILES string of the molecule is CCCN(CC(=O)N1CCN(c2ccc(-c3ccc(OC)c(OC)c3)nn2)CC1)C(=O)c1ccc(F)cc1. The molecule has 3 aromatic rings. The van der Waals surface area contributed by atoms with Crippen LogP contribution >= 0.6 is 0 Å². The number of methoxy groups -OCH3 is 2. The molecule has 1 aliphatic heterocycles. The van der Waals surface area contributed by atoms with E-state index in [1.54, 1.807) is 19.1 Å². The molecule has 2 aromatic carbocycles. The van der Waals surface area contributed by atoms with Crippen LogP contribution < -0.4 is 14.4 Å². The molecule has 0 atom stereocenters. The number of carbonyl (C=O) groups is 2. The first-order chi connectivity index (χ1) is 18.4. The van der Waals surface area contributed by atoms with Crippen LogP contribution in [0.5, 0.6) is 11.5 Å². The Bertz CT molecular complexity index is 1250. The molecule has 0 saturated carbocycles. The maximum Gasteiger partial charge on any atom is 0.254 e. The lowest BCUT2D eigenvalue weighted by Crippen LogP contribution is -2.52. The van der Waals surface area contributed by atoms with Crippen molar-refractivity contribution < 1.29 is 23.5 Å². The molecule has 4 rings (SSSR count). The van der Waals surface area contributed by atoms with Crippen LogP contribution in [0.3, 0.4) is 0 Å². The highest BCUT2D eigenvalue weighted by atomic mass is 19.1. The third kappa shape index (κ3) is 6.19. The number of hydrogen-bond acceptors (Lipinski definition) is 7. The second-order valence-electron chi connectivity index (χ2n) is 8.95. The van der Waals surface area contributed by atoms with E-state index in [1.165, 1.54) is 29.2 Å². The number of rotatable bonds is 9. The van der Waals surface area contributed by atoms with Crippen LogP contribution in [0, 0.1) is 5.82 Å². The number of benzene rings is 2. The van der Waals surface area contributed by atoms with E-state index in [-0.39, 0.29) is 18.4 Å². The van der Waals surface area contributed by atoms with Gasteiger partial charge in [0.05, 0.1) is 19.9 Å². The van der Waals surface area contributed by atoms with E-state index in [2.05, 4.69) is 15.1 Å². The van der Waals surface area contributed by atoms with Crippen molar-refractivity contribution in [2.45, 2.75) is 13.3 Å². The molecule has 0 radical (unpaired) electrons. The molecule has 0 spiro atoms. The number of hydrogen-bond donors (Lipinski definition) is 0. The molecule has 2 heterocycles. The minimum absolute atomic E-state index is 0.0100. The molecular weight excluding hydrogens is 489 g/mol. The second kappa shape index (κ2) is 12.4. The molecule has 1 saturated heterocycles. The topological polar surface area (TPSA) is 88.1 Å². The maximum absolute atomic E-state index is 13.3. The molecule has 2 amide bonds. The fourth-order valence-corrected chi connectivity index (χ4v) is 4.39. The third-order valence-electron chi connectivity index (χ3n) is 6.48. The number of nitrogens with zero attached hydrogens (tertiary/aromatic N) is 5. The Morgan fingerprint density at radius 2 is 1.63 bits per heavy atom. The third-order valence-corrected chi connectivity index (χ3v) is 6.48. The van der Waals surface area contributed by atoms with E-state index >= 15 is 0 Å². The lowest BCUT2D eigenvalue weighted by atomic mass is 10.1. The molecule has 0 N–H and O–H groups in total. The van der Waals surface area contributed by atoms with Gasteiger partial charge in [-0.25, -0.2) is 4.39 Å². The molecule has 10 heteroatoms. The van der Waals surface area contributed by atoms with Crippen LogP contribution in [0.2, 0.25) is 0 Å². The summed E-state index contributed by atoms with van der Waals surface area (Å²) < 4.78 is 23.9. The molecule has 0 aliphatic carbocycles. The molecule has 0 unspecified atom stereocenters. The Balaban J connectivity index is 1.34. The lowest BCUT2D eigenvalue weighted by Gasteiger charge is -2.36. The van der Waals surface area contributed by atoms with Crippen molar-refractivity contribution in [2.24, 2.45) is 0 Å². The number of amides is 2. The predicted octanol–water partition coefficient (Wildman–Crippen LogP) is 3.50. The van der Waals surface area contributed by atoms with Gasteiger partial charge in [-0.05, 0) is 61.0 Å². The molecule has 0 bridgehead atoms. The summed E-state index contributed by atoms with van der Waals surface area (Å²) in [5, 5.41) is 8.79. The second-order valence-corrected chi connectivity index (χ2v) is 8.95. The van der Waals surface area contributed by atoms with E-state index in [1.807, 2.05) is 37.3 Å². The molecule has 1 aromatic heterocycles. The number of carbonyl (C=O) groups excluding carboxylic acids is 2. The monoisotopic (exact) mass is 521 g/mol. The standard InChI is InChI=1S/C28H32FN5O4/c1-4-13-34(28(36)20-5-8-22(29)9-6-20)19-27(35)33-16-14-32(15-17-33)26-12-10-23(30-31-26)21-7-11-24(37-2)25(18-21)38-3/h5-12,18H,4,13-17,19H2,1-3H3. The van der Waals surface area contributed by atoms with Crippen molar-refractivity contribution in [1.82, 2.24) is 20.0 Å². The molecule has 38 heavy (non-hydrogen) atoms. The van der Waals surface area contributed by atoms with Crippen molar-refractivity contribution in [1.29, 1.82) is 0 Å². The molecule has 1 aliphatic rings. The normalized spacial score (nSPS) is 13.3. The van der Waals surface area contributed by atoms with Gasteiger partial charge < -0.3 is 24.2 Å². The van der Waals surface area contributed by atoms with Crippen molar-refractivity contribution in [2.75, 3.05) is 58.4 Å². The van der Waals surface area contributed by atoms with E-state index in [0.29, 0.717) is 61.9 Å². The van der Waals surface area contributed by atoms with Crippen LogP contribution in [0.1, 0.15) is 23.7 Å². The van der Waals surface area contributed by atoms with Crippen molar-refractivity contribution >= 4 is 17.6 Å². The first-order valence-electron chi connectivity index (χ1n) is 12.6. The van der Waals surface area contributed by atoms with E-state index in [4.69, 9.17) is 9.47 Å². The fraction of sp³-hybridized carbons (Fsp3) is 0.357. The molecule has 200 valence electrons. The van der Waals surface area contributed by atoms with Crippen molar-refractivity contribution in [3.8, 4) is 22.8 Å². The van der Waals surface area contributed by atoms with Gasteiger partial charge in [0.25, 0.3) is 5.91 Å². The highest BCUT2D eigenvalue weighted by molar-refractivity contribution is 5.96. The number of ether oxygens (including phenoxy) is 2. The highest BCUT2D eigenvalue weighted by Crippen LogP contribution is 2.31. The maximum atomic E-state index is 13.3. The first-order valence-corrected chi connectivity index (χ1v) is 12.6. The zero-order valence-corrected chi connectivity index (χ0v) is 21.9. The minimum Gasteiger partial charge on any atom is -0.493 e. The predicted molar refractivity (Wildman–Crippen MR) is 142 cm³/mol. The number of halogens is 1. The average molecular weight is 522 g/mol.